The molecule has 0 unspecified atom stereocenters. The van der Waals surface area contributed by atoms with Gasteiger partial charge in [-0.3, -0.25) is 4.79 Å². The fourth-order valence-corrected chi connectivity index (χ4v) is 1.65. The number of hydrogen-bond acceptors (Lipinski definition) is 3. The zero-order valence-electron chi connectivity index (χ0n) is 8.46. The van der Waals surface area contributed by atoms with Crippen LogP contribution in [0.2, 0.25) is 0 Å². The van der Waals surface area contributed by atoms with Crippen molar-refractivity contribution in [1.82, 2.24) is 5.32 Å². The number of hydrogen-bond donors (Lipinski definition) is 3. The minimum atomic E-state index is -0.733. The average Bonchev–Trinajstić information content (AvgIpc) is 2.85. The Kier molecular flexibility index (Phi) is 4.35. The monoisotopic (exact) mass is 201 g/mol. The summed E-state index contributed by atoms with van der Waals surface area (Å²) in [6.07, 6.45) is 4.18. The van der Waals surface area contributed by atoms with Crippen molar-refractivity contribution in [2.24, 2.45) is 5.41 Å². The Balaban J connectivity index is 1.96. The molecule has 1 aliphatic carbocycles. The quantitative estimate of drug-likeness (QED) is 0.503. The molecule has 0 atom stereocenters. The summed E-state index contributed by atoms with van der Waals surface area (Å²) in [5, 5.41) is 20.5. The first-order valence-corrected chi connectivity index (χ1v) is 5.22. The van der Waals surface area contributed by atoms with Gasteiger partial charge in [-0.2, -0.15) is 0 Å². The molecule has 1 rings (SSSR count). The lowest BCUT2D eigenvalue weighted by molar-refractivity contribution is -0.137. The van der Waals surface area contributed by atoms with Gasteiger partial charge in [-0.05, 0) is 37.6 Å². The van der Waals surface area contributed by atoms with Crippen molar-refractivity contribution in [3.8, 4) is 0 Å². The Morgan fingerprint density at radius 3 is 2.64 bits per heavy atom. The molecule has 1 fully saturated rings. The standard InChI is InChI=1S/C10H19NO3/c12-7-5-10(3-4-10)8-11-6-1-2-9(13)14/h11-12H,1-8H2,(H,13,14). The molecule has 82 valence electrons. The summed E-state index contributed by atoms with van der Waals surface area (Å²) in [7, 11) is 0. The minimum Gasteiger partial charge on any atom is -0.481 e. The molecule has 0 radical (unpaired) electrons. The van der Waals surface area contributed by atoms with E-state index in [0.717, 1.165) is 19.5 Å². The molecule has 0 aromatic heterocycles. The molecular formula is C10H19NO3. The van der Waals surface area contributed by atoms with E-state index < -0.39 is 5.97 Å². The van der Waals surface area contributed by atoms with Crippen LogP contribution in [-0.4, -0.2) is 35.9 Å². The van der Waals surface area contributed by atoms with E-state index >= 15 is 0 Å². The van der Waals surface area contributed by atoms with Gasteiger partial charge in [0.25, 0.3) is 0 Å². The maximum Gasteiger partial charge on any atom is 0.303 e. The summed E-state index contributed by atoms with van der Waals surface area (Å²) in [5.41, 5.74) is 0.331. The molecule has 4 heteroatoms. The first-order chi connectivity index (χ1) is 6.68. The van der Waals surface area contributed by atoms with Crippen LogP contribution in [-0.2, 0) is 4.79 Å². The highest BCUT2D eigenvalue weighted by molar-refractivity contribution is 5.66. The molecule has 14 heavy (non-hydrogen) atoms. The van der Waals surface area contributed by atoms with Crippen LogP contribution in [0, 0.1) is 5.41 Å². The lowest BCUT2D eigenvalue weighted by atomic mass is 10.0. The smallest absolute Gasteiger partial charge is 0.303 e. The van der Waals surface area contributed by atoms with E-state index in [0.29, 0.717) is 11.8 Å². The van der Waals surface area contributed by atoms with Gasteiger partial charge >= 0.3 is 5.97 Å². The van der Waals surface area contributed by atoms with E-state index in [1.807, 2.05) is 0 Å². The molecule has 0 aromatic carbocycles. The van der Waals surface area contributed by atoms with E-state index in [1.54, 1.807) is 0 Å². The summed E-state index contributed by atoms with van der Waals surface area (Å²) in [4.78, 5) is 10.2. The van der Waals surface area contributed by atoms with Gasteiger partial charge < -0.3 is 15.5 Å². The topological polar surface area (TPSA) is 69.6 Å². The molecule has 4 nitrogen and oxygen atoms in total. The highest BCUT2D eigenvalue weighted by Gasteiger charge is 2.41. The van der Waals surface area contributed by atoms with E-state index in [2.05, 4.69) is 5.32 Å². The molecule has 0 aliphatic heterocycles. The van der Waals surface area contributed by atoms with Gasteiger partial charge in [0.2, 0.25) is 0 Å². The third-order valence-electron chi connectivity index (χ3n) is 2.84. The average molecular weight is 201 g/mol. The fraction of sp³-hybridized carbons (Fsp3) is 0.900. The molecule has 1 aliphatic rings. The van der Waals surface area contributed by atoms with Crippen molar-refractivity contribution in [2.45, 2.75) is 32.1 Å². The Hall–Kier alpha value is -0.610. The van der Waals surface area contributed by atoms with Crippen molar-refractivity contribution >= 4 is 5.97 Å². The first kappa shape index (κ1) is 11.5. The lowest BCUT2D eigenvalue weighted by Gasteiger charge is -2.13. The molecule has 0 amide bonds. The Morgan fingerprint density at radius 1 is 1.43 bits per heavy atom. The molecule has 1 saturated carbocycles. The number of aliphatic carboxylic acids is 1. The van der Waals surface area contributed by atoms with Crippen molar-refractivity contribution in [3.63, 3.8) is 0 Å². The van der Waals surface area contributed by atoms with E-state index in [9.17, 15) is 4.79 Å². The van der Waals surface area contributed by atoms with Crippen LogP contribution in [0.3, 0.4) is 0 Å². The highest BCUT2D eigenvalue weighted by atomic mass is 16.4. The third kappa shape index (κ3) is 4.07. The molecule has 3 N–H and O–H groups in total. The normalized spacial score (nSPS) is 18.1. The van der Waals surface area contributed by atoms with Crippen LogP contribution in [0.4, 0.5) is 0 Å². The first-order valence-electron chi connectivity index (χ1n) is 5.22. The van der Waals surface area contributed by atoms with Crippen LogP contribution < -0.4 is 5.32 Å². The maximum absolute atomic E-state index is 10.2. The van der Waals surface area contributed by atoms with E-state index in [4.69, 9.17) is 10.2 Å². The second-order valence-corrected chi connectivity index (χ2v) is 4.15. The number of rotatable bonds is 8. The van der Waals surface area contributed by atoms with Crippen molar-refractivity contribution in [1.29, 1.82) is 0 Å². The van der Waals surface area contributed by atoms with Gasteiger partial charge in [0.05, 0.1) is 0 Å². The van der Waals surface area contributed by atoms with Gasteiger partial charge in [0.1, 0.15) is 0 Å². The molecule has 0 bridgehead atoms. The van der Waals surface area contributed by atoms with Gasteiger partial charge in [0.15, 0.2) is 0 Å². The number of aliphatic hydroxyl groups is 1. The predicted octanol–water partition coefficient (Wildman–Crippen LogP) is 0.603. The maximum atomic E-state index is 10.2. The number of carbonyl (C=O) groups is 1. The number of carboxylic acid groups (broad SMARTS) is 1. The highest BCUT2D eigenvalue weighted by Crippen LogP contribution is 2.47. The number of carboxylic acids is 1. The Bertz CT molecular complexity index is 190. The molecule has 0 spiro atoms. The van der Waals surface area contributed by atoms with Crippen molar-refractivity contribution < 1.29 is 15.0 Å². The van der Waals surface area contributed by atoms with Gasteiger partial charge in [-0.25, -0.2) is 0 Å². The minimum absolute atomic E-state index is 0.236. The lowest BCUT2D eigenvalue weighted by Crippen LogP contribution is -2.26. The molecule has 0 aromatic rings. The zero-order chi connectivity index (χ0) is 10.4. The van der Waals surface area contributed by atoms with E-state index in [1.165, 1.54) is 12.8 Å². The van der Waals surface area contributed by atoms with Gasteiger partial charge in [-0.15, -0.1) is 0 Å². The number of aliphatic hydroxyl groups excluding tert-OH is 1. The second-order valence-electron chi connectivity index (χ2n) is 4.15. The number of nitrogens with one attached hydrogen (secondary N) is 1. The molecular weight excluding hydrogens is 182 g/mol. The summed E-state index contributed by atoms with van der Waals surface area (Å²) in [6, 6.07) is 0. The van der Waals surface area contributed by atoms with Crippen LogP contribution in [0.25, 0.3) is 0 Å². The summed E-state index contributed by atoms with van der Waals surface area (Å²) in [5.74, 6) is -0.733. The van der Waals surface area contributed by atoms with Crippen molar-refractivity contribution in [3.05, 3.63) is 0 Å². The van der Waals surface area contributed by atoms with Gasteiger partial charge in [-0.1, -0.05) is 0 Å². The summed E-state index contributed by atoms with van der Waals surface area (Å²) < 4.78 is 0. The summed E-state index contributed by atoms with van der Waals surface area (Å²) >= 11 is 0. The Morgan fingerprint density at radius 2 is 2.14 bits per heavy atom. The molecule has 0 saturated heterocycles. The van der Waals surface area contributed by atoms with Crippen LogP contribution in [0.1, 0.15) is 32.1 Å². The molecule has 0 heterocycles. The van der Waals surface area contributed by atoms with Crippen LogP contribution >= 0.6 is 0 Å². The zero-order valence-corrected chi connectivity index (χ0v) is 8.46. The van der Waals surface area contributed by atoms with Crippen LogP contribution in [0.5, 0.6) is 0 Å². The van der Waals surface area contributed by atoms with Crippen LogP contribution in [0.15, 0.2) is 0 Å². The van der Waals surface area contributed by atoms with Crippen molar-refractivity contribution in [2.75, 3.05) is 19.7 Å². The second kappa shape index (κ2) is 5.32. The summed E-state index contributed by atoms with van der Waals surface area (Å²) in [6.45, 7) is 1.95. The largest absolute Gasteiger partial charge is 0.481 e. The Labute approximate surface area is 84.3 Å². The predicted molar refractivity (Wildman–Crippen MR) is 53.1 cm³/mol. The van der Waals surface area contributed by atoms with Gasteiger partial charge in [0, 0.05) is 19.6 Å². The van der Waals surface area contributed by atoms with E-state index in [-0.39, 0.29) is 13.0 Å². The third-order valence-corrected chi connectivity index (χ3v) is 2.84. The SMILES string of the molecule is O=C(O)CCCNCC1(CCO)CC1. The fourth-order valence-electron chi connectivity index (χ4n) is 1.65.